The molecular weight excluding hydrogens is 270 g/mol. The van der Waals surface area contributed by atoms with Gasteiger partial charge in [0.05, 0.1) is 10.6 Å². The van der Waals surface area contributed by atoms with Crippen LogP contribution in [0.5, 0.6) is 0 Å². The molecule has 2 aromatic carbocycles. The smallest absolute Gasteiger partial charge is 0.259 e. The predicted molar refractivity (Wildman–Crippen MR) is 84.5 cm³/mol. The molecule has 0 radical (unpaired) electrons. The summed E-state index contributed by atoms with van der Waals surface area (Å²) in [6.45, 7) is 2.81. The molecule has 2 rings (SSSR count). The van der Waals surface area contributed by atoms with E-state index in [4.69, 9.17) is 11.6 Å². The molecule has 3 heteroatoms. The highest BCUT2D eigenvalue weighted by Crippen LogP contribution is 2.22. The van der Waals surface area contributed by atoms with Crippen molar-refractivity contribution in [3.63, 3.8) is 0 Å². The van der Waals surface area contributed by atoms with Crippen molar-refractivity contribution in [1.29, 1.82) is 0 Å². The predicted octanol–water partition coefficient (Wildman–Crippen LogP) is 4.79. The maximum absolute atomic E-state index is 12.7. The Labute approximate surface area is 125 Å². The lowest BCUT2D eigenvalue weighted by atomic mass is 10.1. The second-order valence-electron chi connectivity index (χ2n) is 4.63. The van der Waals surface area contributed by atoms with Crippen molar-refractivity contribution in [3.8, 4) is 0 Å². The quantitative estimate of drug-likeness (QED) is 0.774. The zero-order chi connectivity index (χ0) is 14.4. The highest BCUT2D eigenvalue weighted by molar-refractivity contribution is 6.34. The van der Waals surface area contributed by atoms with E-state index in [1.165, 1.54) is 0 Å². The van der Waals surface area contributed by atoms with Gasteiger partial charge < -0.3 is 4.90 Å². The Balaban J connectivity index is 2.32. The molecule has 0 spiro atoms. The summed E-state index contributed by atoms with van der Waals surface area (Å²) >= 11 is 6.14. The molecule has 0 saturated carbocycles. The Morgan fingerprint density at radius 2 is 1.70 bits per heavy atom. The number of nitrogens with zero attached hydrogens (tertiary/aromatic N) is 1. The summed E-state index contributed by atoms with van der Waals surface area (Å²) in [6.07, 6.45) is 2.00. The van der Waals surface area contributed by atoms with Crippen molar-refractivity contribution in [2.24, 2.45) is 0 Å². The molecule has 2 nitrogen and oxygen atoms in total. The normalized spacial score (nSPS) is 10.3. The Morgan fingerprint density at radius 3 is 2.35 bits per heavy atom. The van der Waals surface area contributed by atoms with Crippen LogP contribution in [-0.4, -0.2) is 12.5 Å². The molecular formula is C17H18ClNO. The van der Waals surface area contributed by atoms with Gasteiger partial charge in [-0.15, -0.1) is 0 Å². The molecule has 2 aromatic rings. The SMILES string of the molecule is CCCCN(C(=O)c1ccccc1Cl)c1ccccc1. The summed E-state index contributed by atoms with van der Waals surface area (Å²) in [5.41, 5.74) is 1.46. The summed E-state index contributed by atoms with van der Waals surface area (Å²) in [7, 11) is 0. The molecule has 0 aliphatic carbocycles. The number of rotatable bonds is 5. The van der Waals surface area contributed by atoms with E-state index in [9.17, 15) is 4.79 Å². The maximum Gasteiger partial charge on any atom is 0.259 e. The van der Waals surface area contributed by atoms with Gasteiger partial charge in [0.15, 0.2) is 0 Å². The van der Waals surface area contributed by atoms with E-state index in [1.807, 2.05) is 42.5 Å². The topological polar surface area (TPSA) is 20.3 Å². The Kier molecular flexibility index (Phi) is 5.19. The Morgan fingerprint density at radius 1 is 1.05 bits per heavy atom. The fourth-order valence-corrected chi connectivity index (χ4v) is 2.27. The van der Waals surface area contributed by atoms with E-state index in [-0.39, 0.29) is 5.91 Å². The van der Waals surface area contributed by atoms with E-state index < -0.39 is 0 Å². The second-order valence-corrected chi connectivity index (χ2v) is 5.03. The molecule has 0 unspecified atom stereocenters. The van der Waals surface area contributed by atoms with E-state index >= 15 is 0 Å². The number of carbonyl (C=O) groups is 1. The lowest BCUT2D eigenvalue weighted by Gasteiger charge is -2.23. The molecule has 0 saturated heterocycles. The number of anilines is 1. The van der Waals surface area contributed by atoms with E-state index in [1.54, 1.807) is 17.0 Å². The van der Waals surface area contributed by atoms with Gasteiger partial charge in [-0.05, 0) is 30.7 Å². The number of unbranched alkanes of at least 4 members (excludes halogenated alkanes) is 1. The molecule has 0 bridgehead atoms. The van der Waals surface area contributed by atoms with Crippen molar-refractivity contribution in [3.05, 3.63) is 65.2 Å². The molecule has 0 aliphatic rings. The lowest BCUT2D eigenvalue weighted by molar-refractivity contribution is 0.0986. The largest absolute Gasteiger partial charge is 0.308 e. The number of hydrogen-bond acceptors (Lipinski definition) is 1. The van der Waals surface area contributed by atoms with Crippen LogP contribution >= 0.6 is 11.6 Å². The molecule has 0 atom stereocenters. The monoisotopic (exact) mass is 287 g/mol. The van der Waals surface area contributed by atoms with Gasteiger partial charge in [-0.1, -0.05) is 55.3 Å². The maximum atomic E-state index is 12.7. The first-order chi connectivity index (χ1) is 9.74. The highest BCUT2D eigenvalue weighted by atomic mass is 35.5. The third kappa shape index (κ3) is 3.40. The van der Waals surface area contributed by atoms with Crippen LogP contribution in [0, 0.1) is 0 Å². The third-order valence-electron chi connectivity index (χ3n) is 3.15. The van der Waals surface area contributed by atoms with Crippen molar-refractivity contribution in [1.82, 2.24) is 0 Å². The van der Waals surface area contributed by atoms with Crippen LogP contribution in [0.25, 0.3) is 0 Å². The first-order valence-electron chi connectivity index (χ1n) is 6.85. The van der Waals surface area contributed by atoms with Gasteiger partial charge in [0.1, 0.15) is 0 Å². The minimum atomic E-state index is -0.0461. The second kappa shape index (κ2) is 7.11. The average Bonchev–Trinajstić information content (AvgIpc) is 2.49. The molecule has 20 heavy (non-hydrogen) atoms. The number of halogens is 1. The standard InChI is InChI=1S/C17H18ClNO/c1-2-3-13-19(14-9-5-4-6-10-14)17(20)15-11-7-8-12-16(15)18/h4-12H,2-3,13H2,1H3. The van der Waals surface area contributed by atoms with Crippen molar-refractivity contribution in [2.75, 3.05) is 11.4 Å². The lowest BCUT2D eigenvalue weighted by Crippen LogP contribution is -2.32. The zero-order valence-electron chi connectivity index (χ0n) is 11.6. The van der Waals surface area contributed by atoms with E-state index in [0.29, 0.717) is 17.1 Å². The van der Waals surface area contributed by atoms with Gasteiger partial charge >= 0.3 is 0 Å². The van der Waals surface area contributed by atoms with Gasteiger partial charge in [0, 0.05) is 12.2 Å². The van der Waals surface area contributed by atoms with Crippen LogP contribution in [0.3, 0.4) is 0 Å². The molecule has 0 aromatic heterocycles. The van der Waals surface area contributed by atoms with Crippen LogP contribution in [0.15, 0.2) is 54.6 Å². The van der Waals surface area contributed by atoms with Crippen LogP contribution in [-0.2, 0) is 0 Å². The Hall–Kier alpha value is -1.80. The van der Waals surface area contributed by atoms with Gasteiger partial charge in [0.2, 0.25) is 0 Å². The van der Waals surface area contributed by atoms with Gasteiger partial charge in [-0.3, -0.25) is 4.79 Å². The zero-order valence-corrected chi connectivity index (χ0v) is 12.3. The first-order valence-corrected chi connectivity index (χ1v) is 7.23. The fraction of sp³-hybridized carbons (Fsp3) is 0.235. The molecule has 0 N–H and O–H groups in total. The van der Waals surface area contributed by atoms with Gasteiger partial charge in [-0.25, -0.2) is 0 Å². The molecule has 0 aliphatic heterocycles. The first kappa shape index (κ1) is 14.6. The van der Waals surface area contributed by atoms with Crippen LogP contribution in [0.1, 0.15) is 30.1 Å². The minimum absolute atomic E-state index is 0.0461. The summed E-state index contributed by atoms with van der Waals surface area (Å²) < 4.78 is 0. The van der Waals surface area contributed by atoms with Crippen molar-refractivity contribution < 1.29 is 4.79 Å². The number of para-hydroxylation sites is 1. The van der Waals surface area contributed by atoms with E-state index in [0.717, 1.165) is 18.5 Å². The number of amides is 1. The van der Waals surface area contributed by atoms with Gasteiger partial charge in [-0.2, -0.15) is 0 Å². The fourth-order valence-electron chi connectivity index (χ4n) is 2.05. The number of benzene rings is 2. The summed E-state index contributed by atoms with van der Waals surface area (Å²) in [4.78, 5) is 14.5. The molecule has 0 heterocycles. The molecule has 0 fully saturated rings. The van der Waals surface area contributed by atoms with Gasteiger partial charge in [0.25, 0.3) is 5.91 Å². The highest BCUT2D eigenvalue weighted by Gasteiger charge is 2.19. The summed E-state index contributed by atoms with van der Waals surface area (Å²) in [5, 5.41) is 0.495. The van der Waals surface area contributed by atoms with E-state index in [2.05, 4.69) is 6.92 Å². The summed E-state index contributed by atoms with van der Waals surface area (Å²) in [6, 6.07) is 16.9. The average molecular weight is 288 g/mol. The number of hydrogen-bond donors (Lipinski definition) is 0. The minimum Gasteiger partial charge on any atom is -0.308 e. The summed E-state index contributed by atoms with van der Waals surface area (Å²) in [5.74, 6) is -0.0461. The van der Waals surface area contributed by atoms with Crippen molar-refractivity contribution in [2.45, 2.75) is 19.8 Å². The Bertz CT molecular complexity index is 568. The van der Waals surface area contributed by atoms with Crippen LogP contribution in [0.4, 0.5) is 5.69 Å². The third-order valence-corrected chi connectivity index (χ3v) is 3.48. The molecule has 1 amide bonds. The number of carbonyl (C=O) groups excluding carboxylic acids is 1. The van der Waals surface area contributed by atoms with Crippen LogP contribution in [0.2, 0.25) is 5.02 Å². The van der Waals surface area contributed by atoms with Crippen molar-refractivity contribution >= 4 is 23.2 Å². The van der Waals surface area contributed by atoms with Crippen LogP contribution < -0.4 is 4.90 Å². The molecule has 104 valence electrons.